The number of anilines is 3. The third-order valence-corrected chi connectivity index (χ3v) is 6.99. The van der Waals surface area contributed by atoms with E-state index in [0.717, 1.165) is 49.0 Å². The summed E-state index contributed by atoms with van der Waals surface area (Å²) in [6, 6.07) is 13.3. The third kappa shape index (κ3) is 6.44. The maximum atomic E-state index is 11.5. The van der Waals surface area contributed by atoms with Crippen molar-refractivity contribution >= 4 is 43.3 Å². The van der Waals surface area contributed by atoms with Gasteiger partial charge in [-0.15, -0.1) is 0 Å². The van der Waals surface area contributed by atoms with Gasteiger partial charge in [0.1, 0.15) is 5.75 Å². The Morgan fingerprint density at radius 1 is 1.17 bits per heavy atom. The lowest BCUT2D eigenvalue weighted by Gasteiger charge is -2.34. The van der Waals surface area contributed by atoms with E-state index in [0.29, 0.717) is 33.3 Å². The van der Waals surface area contributed by atoms with Crippen molar-refractivity contribution in [2.75, 3.05) is 34.3 Å². The molecule has 1 aliphatic heterocycles. The van der Waals surface area contributed by atoms with E-state index in [2.05, 4.69) is 46.9 Å². The van der Waals surface area contributed by atoms with Crippen molar-refractivity contribution in [3.63, 3.8) is 0 Å². The number of rotatable bonds is 7. The second-order valence-corrected chi connectivity index (χ2v) is 11.4. The summed E-state index contributed by atoms with van der Waals surface area (Å²) in [5, 5.41) is 12.6. The number of halogens is 1. The second-order valence-electron chi connectivity index (χ2n) is 8.83. The largest absolute Gasteiger partial charge is 0.437 e. The van der Waals surface area contributed by atoms with E-state index in [-0.39, 0.29) is 6.04 Å². The number of hydrogen-bond donors (Lipinski definition) is 2. The van der Waals surface area contributed by atoms with Crippen LogP contribution in [0.15, 0.2) is 47.1 Å². The number of sulfonamides is 1. The molecule has 0 amide bonds. The van der Waals surface area contributed by atoms with Crippen LogP contribution in [-0.4, -0.2) is 43.8 Å². The van der Waals surface area contributed by atoms with E-state index >= 15 is 0 Å². The van der Waals surface area contributed by atoms with Crippen LogP contribution in [0.1, 0.15) is 29.5 Å². The fourth-order valence-electron chi connectivity index (χ4n) is 4.21. The highest BCUT2D eigenvalue weighted by Crippen LogP contribution is 2.33. The van der Waals surface area contributed by atoms with E-state index in [1.807, 2.05) is 32.0 Å². The second kappa shape index (κ2) is 10.7. The molecule has 0 spiro atoms. The van der Waals surface area contributed by atoms with Crippen LogP contribution in [0.2, 0.25) is 0 Å². The molecule has 1 saturated heterocycles. The Labute approximate surface area is 219 Å². The quantitative estimate of drug-likeness (QED) is 0.408. The normalized spacial score (nSPS) is 14.2. The van der Waals surface area contributed by atoms with Crippen molar-refractivity contribution in [1.82, 2.24) is 9.97 Å². The molecular weight excluding hydrogens is 544 g/mol. The molecule has 2 N–H and O–H groups in total. The summed E-state index contributed by atoms with van der Waals surface area (Å²) in [5.74, 6) is 1.55. The minimum absolute atomic E-state index is 0.186. The predicted molar refractivity (Wildman–Crippen MR) is 144 cm³/mol. The van der Waals surface area contributed by atoms with Gasteiger partial charge in [0.25, 0.3) is 0 Å². The zero-order chi connectivity index (χ0) is 25.9. The molecule has 188 valence electrons. The van der Waals surface area contributed by atoms with Gasteiger partial charge in [-0.1, -0.05) is 6.07 Å². The van der Waals surface area contributed by atoms with Gasteiger partial charge >= 0.3 is 0 Å². The lowest BCUT2D eigenvalue weighted by atomic mass is 10.0. The van der Waals surface area contributed by atoms with Gasteiger partial charge in [-0.25, -0.2) is 13.4 Å². The van der Waals surface area contributed by atoms with Crippen LogP contribution in [0.4, 0.5) is 17.3 Å². The number of aromatic nitrogens is 2. The highest BCUT2D eigenvalue weighted by atomic mass is 79.9. The summed E-state index contributed by atoms with van der Waals surface area (Å²) in [5.41, 5.74) is 3.83. The Morgan fingerprint density at radius 2 is 1.86 bits per heavy atom. The summed E-state index contributed by atoms with van der Waals surface area (Å²) < 4.78 is 32.4. The number of nitrogens with one attached hydrogen (secondary N) is 2. The van der Waals surface area contributed by atoms with Crippen LogP contribution in [0, 0.1) is 25.2 Å². The van der Waals surface area contributed by atoms with Crippen LogP contribution in [0.3, 0.4) is 0 Å². The SMILES string of the molecule is Cc1cc(C#N)cc(C)c1Oc1nc(NC2CCN(c3cccc(NS(C)(=O)=O)c3)CC2)ncc1Br. The highest BCUT2D eigenvalue weighted by molar-refractivity contribution is 9.10. The maximum absolute atomic E-state index is 11.5. The van der Waals surface area contributed by atoms with Crippen LogP contribution < -0.4 is 19.7 Å². The molecule has 0 atom stereocenters. The van der Waals surface area contributed by atoms with Crippen LogP contribution >= 0.6 is 15.9 Å². The summed E-state index contributed by atoms with van der Waals surface area (Å²) >= 11 is 3.47. The van der Waals surface area contributed by atoms with Crippen molar-refractivity contribution in [3.05, 3.63) is 63.8 Å². The molecule has 2 heterocycles. The van der Waals surface area contributed by atoms with Crippen LogP contribution in [-0.2, 0) is 10.0 Å². The van der Waals surface area contributed by atoms with Gasteiger partial charge in [0.15, 0.2) is 0 Å². The molecule has 1 aromatic heterocycles. The summed E-state index contributed by atoms with van der Waals surface area (Å²) in [6.45, 7) is 5.42. The lowest BCUT2D eigenvalue weighted by molar-refractivity contribution is 0.450. The minimum atomic E-state index is -3.32. The molecule has 2 aromatic carbocycles. The molecule has 0 unspecified atom stereocenters. The van der Waals surface area contributed by atoms with E-state index in [1.165, 1.54) is 0 Å². The zero-order valence-corrected chi connectivity index (χ0v) is 22.6. The topological polar surface area (TPSA) is 120 Å². The fraction of sp³-hybridized carbons (Fsp3) is 0.320. The molecule has 0 bridgehead atoms. The summed E-state index contributed by atoms with van der Waals surface area (Å²) in [6.07, 6.45) is 4.54. The van der Waals surface area contributed by atoms with E-state index < -0.39 is 10.0 Å². The monoisotopic (exact) mass is 570 g/mol. The number of piperidine rings is 1. The van der Waals surface area contributed by atoms with Gasteiger partial charge in [0, 0.05) is 24.8 Å². The van der Waals surface area contributed by atoms with Gasteiger partial charge < -0.3 is 15.0 Å². The standard InChI is InChI=1S/C25H27BrN6O3S/c1-16-11-18(14-27)12-17(2)23(16)35-24-22(26)15-28-25(30-24)29-19-7-9-32(10-8-19)21-6-4-5-20(13-21)31-36(3,33)34/h4-6,11-13,15,19,31H,7-10H2,1-3H3,(H,28,29,30). The molecule has 0 radical (unpaired) electrons. The first-order chi connectivity index (χ1) is 17.1. The van der Waals surface area contributed by atoms with Gasteiger partial charge in [0.05, 0.1) is 34.2 Å². The summed E-state index contributed by atoms with van der Waals surface area (Å²) in [7, 11) is -3.32. The molecule has 11 heteroatoms. The number of nitrogens with zero attached hydrogens (tertiary/aromatic N) is 4. The first-order valence-electron chi connectivity index (χ1n) is 11.4. The number of hydrogen-bond acceptors (Lipinski definition) is 8. The van der Waals surface area contributed by atoms with Crippen LogP contribution in [0.25, 0.3) is 0 Å². The lowest BCUT2D eigenvalue weighted by Crippen LogP contribution is -2.39. The fourth-order valence-corrected chi connectivity index (χ4v) is 5.04. The maximum Gasteiger partial charge on any atom is 0.238 e. The summed E-state index contributed by atoms with van der Waals surface area (Å²) in [4.78, 5) is 11.2. The van der Waals surface area contributed by atoms with Crippen molar-refractivity contribution < 1.29 is 13.2 Å². The van der Waals surface area contributed by atoms with Crippen molar-refractivity contribution in [1.29, 1.82) is 5.26 Å². The Hall–Kier alpha value is -3.36. The van der Waals surface area contributed by atoms with E-state index in [1.54, 1.807) is 24.4 Å². The molecule has 0 aliphatic carbocycles. The first kappa shape index (κ1) is 25.7. The van der Waals surface area contributed by atoms with Gasteiger partial charge in [-0.2, -0.15) is 10.2 Å². The Balaban J connectivity index is 1.41. The molecule has 1 aliphatic rings. The Morgan fingerprint density at radius 3 is 2.50 bits per heavy atom. The number of ether oxygens (including phenoxy) is 1. The van der Waals surface area contributed by atoms with Gasteiger partial charge in [0.2, 0.25) is 21.9 Å². The Bertz CT molecular complexity index is 1390. The molecule has 4 rings (SSSR count). The number of benzene rings is 2. The Kier molecular flexibility index (Phi) is 7.66. The third-order valence-electron chi connectivity index (χ3n) is 5.84. The molecular formula is C25H27BrN6O3S. The van der Waals surface area contributed by atoms with Crippen molar-refractivity contribution in [2.24, 2.45) is 0 Å². The highest BCUT2D eigenvalue weighted by Gasteiger charge is 2.21. The molecule has 3 aromatic rings. The molecule has 1 fully saturated rings. The molecule has 9 nitrogen and oxygen atoms in total. The van der Waals surface area contributed by atoms with Crippen LogP contribution in [0.5, 0.6) is 11.6 Å². The van der Waals surface area contributed by atoms with Gasteiger partial charge in [-0.3, -0.25) is 4.72 Å². The smallest absolute Gasteiger partial charge is 0.238 e. The van der Waals surface area contributed by atoms with Crippen molar-refractivity contribution in [2.45, 2.75) is 32.7 Å². The zero-order valence-electron chi connectivity index (χ0n) is 20.2. The average Bonchev–Trinajstić information content (AvgIpc) is 2.82. The van der Waals surface area contributed by atoms with E-state index in [4.69, 9.17) is 4.74 Å². The predicted octanol–water partition coefficient (Wildman–Crippen LogP) is 4.97. The molecule has 0 saturated carbocycles. The minimum Gasteiger partial charge on any atom is -0.437 e. The average molecular weight is 572 g/mol. The number of nitriles is 1. The van der Waals surface area contributed by atoms with Crippen molar-refractivity contribution in [3.8, 4) is 17.7 Å². The first-order valence-corrected chi connectivity index (χ1v) is 14.1. The molecule has 36 heavy (non-hydrogen) atoms. The van der Waals surface area contributed by atoms with E-state index in [9.17, 15) is 13.7 Å². The van der Waals surface area contributed by atoms with Gasteiger partial charge in [-0.05, 0) is 84.1 Å². The number of aryl methyl sites for hydroxylation is 2.